The highest BCUT2D eigenvalue weighted by Crippen LogP contribution is 2.35. The van der Waals surface area contributed by atoms with Crippen LogP contribution < -0.4 is 10.6 Å². The summed E-state index contributed by atoms with van der Waals surface area (Å²) in [6.45, 7) is 0.392. The summed E-state index contributed by atoms with van der Waals surface area (Å²) in [6.07, 6.45) is 0.270. The van der Waals surface area contributed by atoms with Gasteiger partial charge in [-0.15, -0.1) is 0 Å². The lowest BCUT2D eigenvalue weighted by molar-refractivity contribution is -0.125. The Morgan fingerprint density at radius 2 is 1.45 bits per heavy atom. The van der Waals surface area contributed by atoms with Crippen LogP contribution in [0.5, 0.6) is 0 Å². The van der Waals surface area contributed by atoms with E-state index in [1.165, 1.54) is 0 Å². The highest BCUT2D eigenvalue weighted by atomic mass is 16.3. The van der Waals surface area contributed by atoms with Gasteiger partial charge in [0.1, 0.15) is 5.60 Å². The number of carbonyl (C=O) groups excluding carboxylic acids is 1. The zero-order chi connectivity index (χ0) is 21.7. The normalized spacial score (nSPS) is 19.7. The van der Waals surface area contributed by atoms with Crippen LogP contribution in [0, 0.1) is 0 Å². The third-order valence-corrected chi connectivity index (χ3v) is 5.96. The molecule has 0 saturated carbocycles. The van der Waals surface area contributed by atoms with Gasteiger partial charge in [-0.2, -0.15) is 0 Å². The van der Waals surface area contributed by atoms with E-state index in [9.17, 15) is 15.0 Å². The molecule has 1 saturated heterocycles. The molecule has 0 aromatic heterocycles. The zero-order valence-corrected chi connectivity index (χ0v) is 17.3. The molecule has 0 radical (unpaired) electrons. The number of amides is 1. The average Bonchev–Trinajstić information content (AvgIpc) is 3.26. The summed E-state index contributed by atoms with van der Waals surface area (Å²) in [7, 11) is 0. The minimum Gasteiger partial charge on any atom is -0.392 e. The topological polar surface area (TPSA) is 81.6 Å². The van der Waals surface area contributed by atoms with Gasteiger partial charge in [-0.25, -0.2) is 0 Å². The molecule has 4 N–H and O–H groups in total. The van der Waals surface area contributed by atoms with E-state index in [0.717, 1.165) is 5.56 Å². The van der Waals surface area contributed by atoms with Crippen LogP contribution in [0.2, 0.25) is 0 Å². The number of hydrogen-bond acceptors (Lipinski definition) is 4. The standard InChI is InChI=1S/C26H28N2O3/c29-22-17-23(27-18-22)25(30)28-24(16-19-10-4-1-5-11-19)26(31,20-12-6-2-7-13-20)21-14-8-3-9-15-21/h1-15,22-24,27,29,31H,16-18H2,(H,28,30)/t22-,23+,24+/m1/s1. The molecule has 1 aliphatic rings. The van der Waals surface area contributed by atoms with Gasteiger partial charge >= 0.3 is 0 Å². The van der Waals surface area contributed by atoms with E-state index in [0.29, 0.717) is 30.5 Å². The Bertz CT molecular complexity index is 940. The van der Waals surface area contributed by atoms with E-state index in [2.05, 4.69) is 10.6 Å². The Hall–Kier alpha value is -2.99. The van der Waals surface area contributed by atoms with Crippen molar-refractivity contribution in [3.05, 3.63) is 108 Å². The molecule has 1 amide bonds. The second kappa shape index (κ2) is 9.43. The molecular weight excluding hydrogens is 388 g/mol. The molecule has 31 heavy (non-hydrogen) atoms. The molecule has 3 atom stereocenters. The van der Waals surface area contributed by atoms with Crippen LogP contribution in [0.15, 0.2) is 91.0 Å². The number of carbonyl (C=O) groups is 1. The number of nitrogens with one attached hydrogen (secondary N) is 2. The second-order valence-corrected chi connectivity index (χ2v) is 8.10. The molecule has 3 aromatic rings. The Morgan fingerprint density at radius 1 is 0.935 bits per heavy atom. The molecule has 1 fully saturated rings. The van der Waals surface area contributed by atoms with Crippen LogP contribution in [0.4, 0.5) is 0 Å². The minimum absolute atomic E-state index is 0.220. The van der Waals surface area contributed by atoms with E-state index in [1.54, 1.807) is 0 Å². The zero-order valence-electron chi connectivity index (χ0n) is 17.3. The molecule has 0 unspecified atom stereocenters. The van der Waals surface area contributed by atoms with Gasteiger partial charge in [0.05, 0.1) is 18.2 Å². The molecule has 3 aromatic carbocycles. The van der Waals surface area contributed by atoms with Crippen molar-refractivity contribution in [2.24, 2.45) is 0 Å². The monoisotopic (exact) mass is 416 g/mol. The third-order valence-electron chi connectivity index (χ3n) is 5.96. The average molecular weight is 417 g/mol. The van der Waals surface area contributed by atoms with Crippen molar-refractivity contribution in [2.75, 3.05) is 6.54 Å². The Kier molecular flexibility index (Phi) is 6.47. The molecule has 1 aliphatic heterocycles. The molecule has 0 spiro atoms. The first-order chi connectivity index (χ1) is 15.1. The van der Waals surface area contributed by atoms with Crippen molar-refractivity contribution in [2.45, 2.75) is 36.6 Å². The van der Waals surface area contributed by atoms with Crippen molar-refractivity contribution < 1.29 is 15.0 Å². The summed E-state index contributed by atoms with van der Waals surface area (Å²) in [5.41, 5.74) is 0.992. The van der Waals surface area contributed by atoms with E-state index >= 15 is 0 Å². The summed E-state index contributed by atoms with van der Waals surface area (Å²) in [5, 5.41) is 28.2. The summed E-state index contributed by atoms with van der Waals surface area (Å²) < 4.78 is 0. The first kappa shape index (κ1) is 21.2. The van der Waals surface area contributed by atoms with Gasteiger partial charge in [0.2, 0.25) is 5.91 Å². The molecule has 1 heterocycles. The fraction of sp³-hybridized carbons (Fsp3) is 0.269. The molecule has 5 nitrogen and oxygen atoms in total. The Balaban J connectivity index is 1.75. The maximum atomic E-state index is 13.1. The summed E-state index contributed by atoms with van der Waals surface area (Å²) in [6, 6.07) is 27.6. The molecule has 4 rings (SSSR count). The van der Waals surface area contributed by atoms with Crippen LogP contribution in [-0.2, 0) is 16.8 Å². The minimum atomic E-state index is -1.44. The van der Waals surface area contributed by atoms with Crippen LogP contribution >= 0.6 is 0 Å². The van der Waals surface area contributed by atoms with Crippen LogP contribution in [0.25, 0.3) is 0 Å². The second-order valence-electron chi connectivity index (χ2n) is 8.10. The Morgan fingerprint density at radius 3 is 1.94 bits per heavy atom. The maximum Gasteiger partial charge on any atom is 0.237 e. The maximum absolute atomic E-state index is 13.1. The first-order valence-corrected chi connectivity index (χ1v) is 10.7. The Labute approximate surface area is 182 Å². The summed E-state index contributed by atoms with van der Waals surface area (Å²) >= 11 is 0. The number of aliphatic hydroxyl groups is 2. The smallest absolute Gasteiger partial charge is 0.237 e. The predicted molar refractivity (Wildman–Crippen MR) is 120 cm³/mol. The SMILES string of the molecule is O=C(N[C@@H](Cc1ccccc1)C(O)(c1ccccc1)c1ccccc1)[C@@H]1C[C@@H](O)CN1. The van der Waals surface area contributed by atoms with E-state index in [4.69, 9.17) is 0 Å². The van der Waals surface area contributed by atoms with Crippen molar-refractivity contribution >= 4 is 5.91 Å². The van der Waals surface area contributed by atoms with Gasteiger partial charge in [-0.3, -0.25) is 4.79 Å². The van der Waals surface area contributed by atoms with E-state index in [1.807, 2.05) is 91.0 Å². The predicted octanol–water partition coefficient (Wildman–Crippen LogP) is 2.37. The van der Waals surface area contributed by atoms with Gasteiger partial charge in [-0.05, 0) is 29.5 Å². The lowest BCUT2D eigenvalue weighted by Gasteiger charge is -2.38. The number of benzene rings is 3. The highest BCUT2D eigenvalue weighted by molar-refractivity contribution is 5.82. The molecule has 5 heteroatoms. The van der Waals surface area contributed by atoms with Crippen LogP contribution in [-0.4, -0.2) is 40.9 Å². The summed E-state index contributed by atoms with van der Waals surface area (Å²) in [4.78, 5) is 13.1. The van der Waals surface area contributed by atoms with Crippen molar-refractivity contribution in [1.29, 1.82) is 0 Å². The van der Waals surface area contributed by atoms with Crippen molar-refractivity contribution in [1.82, 2.24) is 10.6 Å². The lowest BCUT2D eigenvalue weighted by atomic mass is 9.77. The van der Waals surface area contributed by atoms with Crippen molar-refractivity contribution in [3.63, 3.8) is 0 Å². The number of hydrogen-bond donors (Lipinski definition) is 4. The van der Waals surface area contributed by atoms with E-state index in [-0.39, 0.29) is 5.91 Å². The van der Waals surface area contributed by atoms with Gasteiger partial charge in [0, 0.05) is 6.54 Å². The van der Waals surface area contributed by atoms with Crippen molar-refractivity contribution in [3.8, 4) is 0 Å². The molecular formula is C26H28N2O3. The quantitative estimate of drug-likeness (QED) is 0.477. The summed E-state index contributed by atoms with van der Waals surface area (Å²) in [5.74, 6) is -0.220. The third kappa shape index (κ3) is 4.69. The molecule has 160 valence electrons. The van der Waals surface area contributed by atoms with Crippen LogP contribution in [0.1, 0.15) is 23.1 Å². The number of β-amino-alcohol motifs (C(OH)–C–C–N with tert-alkyl or cyclic N) is 1. The fourth-order valence-corrected chi connectivity index (χ4v) is 4.30. The molecule has 0 bridgehead atoms. The van der Waals surface area contributed by atoms with Crippen LogP contribution in [0.3, 0.4) is 0 Å². The highest BCUT2D eigenvalue weighted by Gasteiger charge is 2.42. The van der Waals surface area contributed by atoms with Gasteiger partial charge in [0.25, 0.3) is 0 Å². The van der Waals surface area contributed by atoms with Gasteiger partial charge in [-0.1, -0.05) is 91.0 Å². The van der Waals surface area contributed by atoms with E-state index < -0.39 is 23.8 Å². The van der Waals surface area contributed by atoms with Gasteiger partial charge in [0.15, 0.2) is 0 Å². The molecule has 0 aliphatic carbocycles. The fourth-order valence-electron chi connectivity index (χ4n) is 4.30. The number of aliphatic hydroxyl groups excluding tert-OH is 1. The largest absolute Gasteiger partial charge is 0.392 e. The van der Waals surface area contributed by atoms with Gasteiger partial charge < -0.3 is 20.8 Å². The first-order valence-electron chi connectivity index (χ1n) is 10.7. The number of rotatable bonds is 7. The lowest BCUT2D eigenvalue weighted by Crippen LogP contribution is -2.55.